The van der Waals surface area contributed by atoms with E-state index in [0.29, 0.717) is 12.8 Å². The van der Waals surface area contributed by atoms with Gasteiger partial charge in [0.05, 0.1) is 11.6 Å². The summed E-state index contributed by atoms with van der Waals surface area (Å²) in [6, 6.07) is 4.39. The largest absolute Gasteiger partial charge is 0.573 e. The summed E-state index contributed by atoms with van der Waals surface area (Å²) in [4.78, 5) is 11.9. The Bertz CT molecular complexity index is 418. The van der Waals surface area contributed by atoms with Gasteiger partial charge in [0.1, 0.15) is 5.75 Å². The molecule has 0 saturated heterocycles. The third-order valence-corrected chi connectivity index (χ3v) is 2.31. The summed E-state index contributed by atoms with van der Waals surface area (Å²) >= 11 is 0. The van der Waals surface area contributed by atoms with Crippen molar-refractivity contribution in [3.05, 3.63) is 29.8 Å². The Kier molecular flexibility index (Phi) is 4.72. The van der Waals surface area contributed by atoms with Gasteiger partial charge in [0, 0.05) is 0 Å². The number of halogens is 3. The van der Waals surface area contributed by atoms with E-state index in [4.69, 9.17) is 5.73 Å². The van der Waals surface area contributed by atoms with Crippen LogP contribution >= 0.6 is 0 Å². The van der Waals surface area contributed by atoms with Crippen molar-refractivity contribution in [2.24, 2.45) is 5.73 Å². The molecule has 100 valence electrons. The smallest absolute Gasteiger partial charge is 0.405 e. The summed E-state index contributed by atoms with van der Waals surface area (Å²) in [7, 11) is 0. The van der Waals surface area contributed by atoms with Crippen LogP contribution in [0.2, 0.25) is 0 Å². The number of ether oxygens (including phenoxy) is 1. The lowest BCUT2D eigenvalue weighted by molar-refractivity contribution is -0.274. The molecule has 0 aliphatic rings. The fourth-order valence-corrected chi connectivity index (χ4v) is 1.53. The van der Waals surface area contributed by atoms with Gasteiger partial charge in [-0.05, 0) is 18.6 Å². The minimum absolute atomic E-state index is 0.143. The molecule has 0 amide bonds. The fourth-order valence-electron chi connectivity index (χ4n) is 1.53. The predicted molar refractivity (Wildman–Crippen MR) is 60.3 cm³/mol. The average molecular weight is 261 g/mol. The van der Waals surface area contributed by atoms with Crippen LogP contribution < -0.4 is 10.5 Å². The highest BCUT2D eigenvalue weighted by Gasteiger charge is 2.33. The van der Waals surface area contributed by atoms with Crippen LogP contribution in [0.3, 0.4) is 0 Å². The third kappa shape index (κ3) is 4.03. The first kappa shape index (κ1) is 14.5. The lowest BCUT2D eigenvalue weighted by Gasteiger charge is -2.15. The topological polar surface area (TPSA) is 52.3 Å². The maximum Gasteiger partial charge on any atom is 0.573 e. The van der Waals surface area contributed by atoms with E-state index >= 15 is 0 Å². The van der Waals surface area contributed by atoms with Crippen molar-refractivity contribution in [3.8, 4) is 5.75 Å². The first-order valence-electron chi connectivity index (χ1n) is 5.49. The molecule has 1 unspecified atom stereocenters. The highest BCUT2D eigenvalue weighted by atomic mass is 19.4. The van der Waals surface area contributed by atoms with Gasteiger partial charge >= 0.3 is 6.36 Å². The number of carbonyl (C=O) groups excluding carboxylic acids is 1. The molecular formula is C12H14F3NO2. The molecule has 6 heteroatoms. The number of nitrogens with two attached hydrogens (primary N) is 1. The van der Waals surface area contributed by atoms with Gasteiger partial charge in [0.25, 0.3) is 0 Å². The summed E-state index contributed by atoms with van der Waals surface area (Å²) in [5.74, 6) is -1.06. The standard InChI is InChI=1S/C12H14F3NO2/c1-2-5-9(16)11(17)8-6-3-4-7-10(8)18-12(13,14)15/h3-4,6-7,9H,2,5,16H2,1H3. The van der Waals surface area contributed by atoms with Crippen LogP contribution in [0.15, 0.2) is 24.3 Å². The quantitative estimate of drug-likeness (QED) is 0.829. The van der Waals surface area contributed by atoms with Crippen molar-refractivity contribution in [3.63, 3.8) is 0 Å². The molecule has 0 radical (unpaired) electrons. The number of hydrogen-bond donors (Lipinski definition) is 1. The van der Waals surface area contributed by atoms with E-state index in [1.165, 1.54) is 18.2 Å². The van der Waals surface area contributed by atoms with E-state index in [0.717, 1.165) is 6.07 Å². The summed E-state index contributed by atoms with van der Waals surface area (Å²) in [5.41, 5.74) is 5.46. The molecule has 0 fully saturated rings. The molecule has 0 heterocycles. The van der Waals surface area contributed by atoms with Gasteiger partial charge in [-0.3, -0.25) is 4.79 Å². The van der Waals surface area contributed by atoms with Crippen LogP contribution in [0.5, 0.6) is 5.75 Å². The van der Waals surface area contributed by atoms with Crippen LogP contribution in [0, 0.1) is 0 Å². The molecule has 3 nitrogen and oxygen atoms in total. The molecule has 0 aromatic heterocycles. The zero-order valence-electron chi connectivity index (χ0n) is 9.83. The van der Waals surface area contributed by atoms with Crippen LogP contribution in [0.1, 0.15) is 30.1 Å². The van der Waals surface area contributed by atoms with Gasteiger partial charge in [-0.1, -0.05) is 25.5 Å². The zero-order valence-corrected chi connectivity index (χ0v) is 9.83. The normalized spacial score (nSPS) is 13.2. The lowest BCUT2D eigenvalue weighted by Crippen LogP contribution is -2.31. The van der Waals surface area contributed by atoms with E-state index in [9.17, 15) is 18.0 Å². The number of rotatable bonds is 5. The number of carbonyl (C=O) groups is 1. The Balaban J connectivity index is 2.98. The second-order valence-electron chi connectivity index (χ2n) is 3.80. The second kappa shape index (κ2) is 5.86. The molecular weight excluding hydrogens is 247 g/mol. The van der Waals surface area contributed by atoms with Crippen molar-refractivity contribution < 1.29 is 22.7 Å². The van der Waals surface area contributed by atoms with Gasteiger partial charge in [-0.25, -0.2) is 0 Å². The average Bonchev–Trinajstić information content (AvgIpc) is 2.27. The maximum absolute atomic E-state index is 12.2. The SMILES string of the molecule is CCCC(N)C(=O)c1ccccc1OC(F)(F)F. The summed E-state index contributed by atoms with van der Waals surface area (Å²) in [6.45, 7) is 1.84. The van der Waals surface area contributed by atoms with Gasteiger partial charge < -0.3 is 10.5 Å². The van der Waals surface area contributed by atoms with Crippen LogP contribution in [0.25, 0.3) is 0 Å². The van der Waals surface area contributed by atoms with Crippen LogP contribution in [-0.4, -0.2) is 18.2 Å². The maximum atomic E-state index is 12.2. The van der Waals surface area contributed by atoms with E-state index in [-0.39, 0.29) is 5.56 Å². The molecule has 0 spiro atoms. The summed E-state index contributed by atoms with van der Waals surface area (Å²) in [6.07, 6.45) is -3.74. The van der Waals surface area contributed by atoms with Crippen molar-refractivity contribution in [1.82, 2.24) is 0 Å². The Labute approximate surface area is 103 Å². The number of ketones is 1. The van der Waals surface area contributed by atoms with Crippen molar-refractivity contribution in [2.75, 3.05) is 0 Å². The highest BCUT2D eigenvalue weighted by molar-refractivity contribution is 6.02. The van der Waals surface area contributed by atoms with Gasteiger partial charge in [0.15, 0.2) is 5.78 Å². The van der Waals surface area contributed by atoms with Crippen LogP contribution in [0.4, 0.5) is 13.2 Å². The number of hydrogen-bond acceptors (Lipinski definition) is 3. The summed E-state index contributed by atoms with van der Waals surface area (Å²) in [5, 5.41) is 0. The number of Topliss-reactive ketones (excluding diaryl/α,β-unsaturated/α-hetero) is 1. The van der Waals surface area contributed by atoms with Crippen molar-refractivity contribution >= 4 is 5.78 Å². The fraction of sp³-hybridized carbons (Fsp3) is 0.417. The second-order valence-corrected chi connectivity index (χ2v) is 3.80. The minimum Gasteiger partial charge on any atom is -0.405 e. The Morgan fingerprint density at radius 1 is 1.39 bits per heavy atom. The first-order valence-corrected chi connectivity index (χ1v) is 5.49. The Morgan fingerprint density at radius 2 is 2.00 bits per heavy atom. The molecule has 1 aromatic rings. The van der Waals surface area contributed by atoms with E-state index < -0.39 is 23.9 Å². The minimum atomic E-state index is -4.83. The number of para-hydroxylation sites is 1. The van der Waals surface area contributed by atoms with E-state index in [2.05, 4.69) is 4.74 Å². The molecule has 0 aliphatic heterocycles. The molecule has 0 bridgehead atoms. The van der Waals surface area contributed by atoms with Gasteiger partial charge in [-0.2, -0.15) is 0 Å². The van der Waals surface area contributed by atoms with Gasteiger partial charge in [-0.15, -0.1) is 13.2 Å². The van der Waals surface area contributed by atoms with E-state index in [1.807, 2.05) is 6.92 Å². The monoisotopic (exact) mass is 261 g/mol. The molecule has 2 N–H and O–H groups in total. The molecule has 0 saturated carbocycles. The van der Waals surface area contributed by atoms with E-state index in [1.54, 1.807) is 0 Å². The molecule has 1 rings (SSSR count). The van der Waals surface area contributed by atoms with Crippen LogP contribution in [-0.2, 0) is 0 Å². The third-order valence-electron chi connectivity index (χ3n) is 2.31. The lowest BCUT2D eigenvalue weighted by atomic mass is 10.0. The zero-order chi connectivity index (χ0) is 13.8. The molecule has 1 aromatic carbocycles. The van der Waals surface area contributed by atoms with Gasteiger partial charge in [0.2, 0.25) is 0 Å². The first-order chi connectivity index (χ1) is 8.35. The predicted octanol–water partition coefficient (Wildman–Crippen LogP) is 2.90. The molecule has 18 heavy (non-hydrogen) atoms. The number of benzene rings is 1. The van der Waals surface area contributed by atoms with Crippen molar-refractivity contribution in [2.45, 2.75) is 32.2 Å². The number of alkyl halides is 3. The molecule has 1 atom stereocenters. The highest BCUT2D eigenvalue weighted by Crippen LogP contribution is 2.27. The Morgan fingerprint density at radius 3 is 2.56 bits per heavy atom. The molecule has 0 aliphatic carbocycles. The van der Waals surface area contributed by atoms with Crippen molar-refractivity contribution in [1.29, 1.82) is 0 Å². The summed E-state index contributed by atoms with van der Waals surface area (Å²) < 4.78 is 40.3. The Hall–Kier alpha value is -1.56.